The first-order valence-electron chi connectivity index (χ1n) is 5.25. The van der Waals surface area contributed by atoms with E-state index in [0.717, 1.165) is 16.2 Å². The minimum absolute atomic E-state index is 0.114. The molecule has 0 bridgehead atoms. The van der Waals surface area contributed by atoms with E-state index in [0.29, 0.717) is 5.75 Å². The van der Waals surface area contributed by atoms with Crippen LogP contribution in [0, 0.1) is 5.82 Å². The maximum absolute atomic E-state index is 13.3. The van der Waals surface area contributed by atoms with Crippen molar-refractivity contribution in [3.63, 3.8) is 0 Å². The summed E-state index contributed by atoms with van der Waals surface area (Å²) in [5.41, 5.74) is 0.766. The average molecular weight is 331 g/mol. The van der Waals surface area contributed by atoms with E-state index in [9.17, 15) is 4.39 Å². The van der Waals surface area contributed by atoms with Gasteiger partial charge < -0.3 is 9.47 Å². The van der Waals surface area contributed by atoms with Crippen molar-refractivity contribution in [3.8, 4) is 11.5 Å². The fourth-order valence-corrected chi connectivity index (χ4v) is 3.29. The van der Waals surface area contributed by atoms with Gasteiger partial charge in [0.1, 0.15) is 17.3 Å². The van der Waals surface area contributed by atoms with Crippen molar-refractivity contribution in [2.45, 2.75) is 4.83 Å². The van der Waals surface area contributed by atoms with Gasteiger partial charge in [0.2, 0.25) is 0 Å². The number of ether oxygens (including phenoxy) is 2. The Hall–Kier alpha value is -1.07. The summed E-state index contributed by atoms with van der Waals surface area (Å²) in [4.78, 5) is 0.924. The Balaban J connectivity index is 2.38. The SMILES string of the molecule is COc1csc(C(Br)c2cc(F)ccc2OC)c1. The summed E-state index contributed by atoms with van der Waals surface area (Å²) in [7, 11) is 3.20. The molecule has 0 aliphatic rings. The summed E-state index contributed by atoms with van der Waals surface area (Å²) in [5, 5.41) is 1.91. The molecule has 0 N–H and O–H groups in total. The normalized spacial score (nSPS) is 12.2. The van der Waals surface area contributed by atoms with Gasteiger partial charge in [-0.1, -0.05) is 15.9 Å². The predicted molar refractivity (Wildman–Crippen MR) is 74.6 cm³/mol. The van der Waals surface area contributed by atoms with E-state index < -0.39 is 0 Å². The van der Waals surface area contributed by atoms with Gasteiger partial charge in [0.05, 0.1) is 19.0 Å². The number of benzene rings is 1. The summed E-state index contributed by atoms with van der Waals surface area (Å²) in [6, 6.07) is 6.42. The second-order valence-electron chi connectivity index (χ2n) is 3.64. The maximum atomic E-state index is 13.3. The van der Waals surface area contributed by atoms with Gasteiger partial charge in [0, 0.05) is 15.8 Å². The standard InChI is InChI=1S/C13H12BrFO2S/c1-16-9-6-12(18-7-9)13(14)10-5-8(15)3-4-11(10)17-2/h3-7,13H,1-2H3. The second-order valence-corrected chi connectivity index (χ2v) is 5.50. The molecule has 0 saturated carbocycles. The molecular formula is C13H12BrFO2S. The van der Waals surface area contributed by atoms with Crippen molar-refractivity contribution in [3.05, 3.63) is 45.9 Å². The minimum Gasteiger partial charge on any atom is -0.496 e. The Morgan fingerprint density at radius 3 is 2.61 bits per heavy atom. The molecule has 1 atom stereocenters. The molecule has 1 heterocycles. The Morgan fingerprint density at radius 1 is 1.22 bits per heavy atom. The average Bonchev–Trinajstić information content (AvgIpc) is 2.86. The molecule has 18 heavy (non-hydrogen) atoms. The topological polar surface area (TPSA) is 18.5 Å². The summed E-state index contributed by atoms with van der Waals surface area (Å²) < 4.78 is 23.7. The quantitative estimate of drug-likeness (QED) is 0.774. The van der Waals surface area contributed by atoms with E-state index >= 15 is 0 Å². The number of alkyl halides is 1. The van der Waals surface area contributed by atoms with Crippen LogP contribution < -0.4 is 9.47 Å². The molecule has 0 saturated heterocycles. The molecule has 0 aliphatic heterocycles. The Labute approximate surface area is 117 Å². The van der Waals surface area contributed by atoms with E-state index in [2.05, 4.69) is 15.9 Å². The van der Waals surface area contributed by atoms with E-state index in [1.165, 1.54) is 12.1 Å². The lowest BCUT2D eigenvalue weighted by atomic mass is 10.1. The monoisotopic (exact) mass is 330 g/mol. The van der Waals surface area contributed by atoms with Crippen molar-refractivity contribution >= 4 is 27.3 Å². The number of halogens is 2. The molecular weight excluding hydrogens is 319 g/mol. The molecule has 0 spiro atoms. The maximum Gasteiger partial charge on any atom is 0.129 e. The van der Waals surface area contributed by atoms with Crippen LogP contribution >= 0.6 is 27.3 Å². The fraction of sp³-hybridized carbons (Fsp3) is 0.231. The highest BCUT2D eigenvalue weighted by Gasteiger charge is 2.18. The molecule has 96 valence electrons. The molecule has 0 fully saturated rings. The smallest absolute Gasteiger partial charge is 0.129 e. The first kappa shape index (κ1) is 13.4. The van der Waals surface area contributed by atoms with Gasteiger partial charge in [-0.25, -0.2) is 4.39 Å². The van der Waals surface area contributed by atoms with Crippen molar-refractivity contribution in [2.75, 3.05) is 14.2 Å². The highest BCUT2D eigenvalue weighted by atomic mass is 79.9. The lowest BCUT2D eigenvalue weighted by Gasteiger charge is -2.13. The van der Waals surface area contributed by atoms with Crippen molar-refractivity contribution in [2.24, 2.45) is 0 Å². The van der Waals surface area contributed by atoms with E-state index in [-0.39, 0.29) is 10.6 Å². The third kappa shape index (κ3) is 2.67. The zero-order chi connectivity index (χ0) is 13.1. The number of hydrogen-bond donors (Lipinski definition) is 0. The third-order valence-electron chi connectivity index (χ3n) is 2.55. The van der Waals surface area contributed by atoms with Gasteiger partial charge in [-0.15, -0.1) is 11.3 Å². The molecule has 1 aromatic heterocycles. The van der Waals surface area contributed by atoms with Gasteiger partial charge in [-0.05, 0) is 24.3 Å². The second kappa shape index (κ2) is 5.71. The molecule has 2 nitrogen and oxygen atoms in total. The summed E-state index contributed by atoms with van der Waals surface area (Å²) >= 11 is 5.12. The first-order chi connectivity index (χ1) is 8.65. The van der Waals surface area contributed by atoms with Gasteiger partial charge in [-0.3, -0.25) is 0 Å². The fourth-order valence-electron chi connectivity index (χ4n) is 1.63. The number of thiophene rings is 1. The summed E-state index contributed by atoms with van der Waals surface area (Å²) in [6.07, 6.45) is 0. The third-order valence-corrected chi connectivity index (χ3v) is 4.81. The molecule has 2 aromatic rings. The minimum atomic E-state index is -0.279. The van der Waals surface area contributed by atoms with Gasteiger partial charge in [-0.2, -0.15) is 0 Å². The van der Waals surface area contributed by atoms with Crippen molar-refractivity contribution in [1.82, 2.24) is 0 Å². The zero-order valence-corrected chi connectivity index (χ0v) is 12.3. The van der Waals surface area contributed by atoms with Crippen LogP contribution in [0.25, 0.3) is 0 Å². The first-order valence-corrected chi connectivity index (χ1v) is 7.05. The molecule has 2 rings (SSSR count). The van der Waals surface area contributed by atoms with Crippen LogP contribution in [0.2, 0.25) is 0 Å². The molecule has 0 aliphatic carbocycles. The highest BCUT2D eigenvalue weighted by molar-refractivity contribution is 9.09. The number of methoxy groups -OCH3 is 2. The molecule has 0 radical (unpaired) electrons. The van der Waals surface area contributed by atoms with Crippen LogP contribution in [0.15, 0.2) is 29.6 Å². The van der Waals surface area contributed by atoms with Crippen LogP contribution in [0.5, 0.6) is 11.5 Å². The van der Waals surface area contributed by atoms with E-state index in [4.69, 9.17) is 9.47 Å². The Kier molecular flexibility index (Phi) is 4.24. The van der Waals surface area contributed by atoms with Gasteiger partial charge in [0.15, 0.2) is 0 Å². The largest absolute Gasteiger partial charge is 0.496 e. The van der Waals surface area contributed by atoms with Crippen molar-refractivity contribution < 1.29 is 13.9 Å². The Bertz CT molecular complexity index is 542. The van der Waals surface area contributed by atoms with E-state index in [1.807, 2.05) is 11.4 Å². The molecule has 1 unspecified atom stereocenters. The van der Waals surface area contributed by atoms with Crippen LogP contribution in [0.4, 0.5) is 4.39 Å². The predicted octanol–water partition coefficient (Wildman–Crippen LogP) is 4.39. The van der Waals surface area contributed by atoms with E-state index in [1.54, 1.807) is 31.6 Å². The highest BCUT2D eigenvalue weighted by Crippen LogP contribution is 2.40. The van der Waals surface area contributed by atoms with Crippen LogP contribution in [0.3, 0.4) is 0 Å². The lowest BCUT2D eigenvalue weighted by molar-refractivity contribution is 0.409. The van der Waals surface area contributed by atoms with Crippen LogP contribution in [-0.2, 0) is 0 Å². The number of hydrogen-bond acceptors (Lipinski definition) is 3. The van der Waals surface area contributed by atoms with Gasteiger partial charge >= 0.3 is 0 Å². The van der Waals surface area contributed by atoms with Gasteiger partial charge in [0.25, 0.3) is 0 Å². The molecule has 0 amide bonds. The lowest BCUT2D eigenvalue weighted by Crippen LogP contribution is -1.96. The van der Waals surface area contributed by atoms with Crippen molar-refractivity contribution in [1.29, 1.82) is 0 Å². The number of rotatable bonds is 4. The summed E-state index contributed by atoms with van der Waals surface area (Å²) in [6.45, 7) is 0. The Morgan fingerprint density at radius 2 is 2.00 bits per heavy atom. The molecule has 5 heteroatoms. The zero-order valence-electron chi connectivity index (χ0n) is 9.94. The molecule has 1 aromatic carbocycles. The van der Waals surface area contributed by atoms with Crippen LogP contribution in [0.1, 0.15) is 15.3 Å². The summed E-state index contributed by atoms with van der Waals surface area (Å²) in [5.74, 6) is 1.18. The van der Waals surface area contributed by atoms with Crippen LogP contribution in [-0.4, -0.2) is 14.2 Å².